The second kappa shape index (κ2) is 4.63. The third-order valence-electron chi connectivity index (χ3n) is 2.38. The summed E-state index contributed by atoms with van der Waals surface area (Å²) in [5.74, 6) is 0.673. The Bertz CT molecular complexity index is 525. The van der Waals surface area contributed by atoms with Crippen molar-refractivity contribution < 1.29 is 4.74 Å². The van der Waals surface area contributed by atoms with Gasteiger partial charge >= 0.3 is 0 Å². The fourth-order valence-electron chi connectivity index (χ4n) is 1.53. The van der Waals surface area contributed by atoms with Crippen molar-refractivity contribution >= 4 is 10.9 Å². The summed E-state index contributed by atoms with van der Waals surface area (Å²) in [6, 6.07) is 11.7. The quantitative estimate of drug-likeness (QED) is 0.785. The van der Waals surface area contributed by atoms with Crippen LogP contribution in [-0.4, -0.2) is 11.1 Å². The first-order chi connectivity index (χ1) is 7.85. The van der Waals surface area contributed by atoms with Gasteiger partial charge in [0.15, 0.2) is 6.10 Å². The lowest BCUT2D eigenvalue weighted by molar-refractivity contribution is 0.254. The second-order valence-corrected chi connectivity index (χ2v) is 3.48. The van der Waals surface area contributed by atoms with Gasteiger partial charge in [-0.1, -0.05) is 25.1 Å². The Morgan fingerprint density at radius 2 is 2.19 bits per heavy atom. The SMILES string of the molecule is CCC(C#N)Oc1cccc2cccnc12. The average molecular weight is 212 g/mol. The molecule has 0 spiro atoms. The van der Waals surface area contributed by atoms with E-state index in [1.807, 2.05) is 37.3 Å². The maximum Gasteiger partial charge on any atom is 0.184 e. The largest absolute Gasteiger partial charge is 0.473 e. The van der Waals surface area contributed by atoms with Gasteiger partial charge in [0.25, 0.3) is 0 Å². The normalized spacial score (nSPS) is 12.0. The van der Waals surface area contributed by atoms with Crippen LogP contribution in [0.15, 0.2) is 36.5 Å². The van der Waals surface area contributed by atoms with Crippen molar-refractivity contribution in [3.05, 3.63) is 36.5 Å². The molecule has 0 amide bonds. The van der Waals surface area contributed by atoms with Crippen molar-refractivity contribution in [1.29, 1.82) is 5.26 Å². The maximum atomic E-state index is 8.86. The van der Waals surface area contributed by atoms with Crippen molar-refractivity contribution in [2.24, 2.45) is 0 Å². The first-order valence-corrected chi connectivity index (χ1v) is 5.25. The van der Waals surface area contributed by atoms with Gasteiger partial charge in [-0.25, -0.2) is 0 Å². The number of benzene rings is 1. The molecule has 1 atom stereocenters. The summed E-state index contributed by atoms with van der Waals surface area (Å²) >= 11 is 0. The van der Waals surface area contributed by atoms with Crippen LogP contribution < -0.4 is 4.74 Å². The summed E-state index contributed by atoms with van der Waals surface area (Å²) in [5.41, 5.74) is 0.804. The summed E-state index contributed by atoms with van der Waals surface area (Å²) in [6.45, 7) is 1.92. The molecule has 80 valence electrons. The average Bonchev–Trinajstić information content (AvgIpc) is 2.36. The lowest BCUT2D eigenvalue weighted by Gasteiger charge is -2.11. The molecule has 0 fully saturated rings. The van der Waals surface area contributed by atoms with Crippen LogP contribution in [-0.2, 0) is 0 Å². The molecule has 0 bridgehead atoms. The minimum Gasteiger partial charge on any atom is -0.473 e. The van der Waals surface area contributed by atoms with Crippen LogP contribution in [0.1, 0.15) is 13.3 Å². The molecule has 0 aliphatic heterocycles. The molecule has 0 aliphatic rings. The van der Waals surface area contributed by atoms with Crippen LogP contribution in [0.25, 0.3) is 10.9 Å². The smallest absolute Gasteiger partial charge is 0.184 e. The number of aromatic nitrogens is 1. The Morgan fingerprint density at radius 1 is 1.38 bits per heavy atom. The van der Waals surface area contributed by atoms with Crippen molar-refractivity contribution in [1.82, 2.24) is 4.98 Å². The van der Waals surface area contributed by atoms with Gasteiger partial charge in [-0.05, 0) is 18.6 Å². The van der Waals surface area contributed by atoms with Crippen molar-refractivity contribution in [3.8, 4) is 11.8 Å². The van der Waals surface area contributed by atoms with Gasteiger partial charge in [-0.2, -0.15) is 5.26 Å². The predicted molar refractivity (Wildman–Crippen MR) is 62.1 cm³/mol. The standard InChI is InChI=1S/C13H12N2O/c1-2-11(9-14)16-12-7-3-5-10-6-4-8-15-13(10)12/h3-8,11H,2H2,1H3. The molecule has 1 unspecified atom stereocenters. The number of fused-ring (bicyclic) bond motifs is 1. The Kier molecular flexibility index (Phi) is 3.02. The van der Waals surface area contributed by atoms with Crippen LogP contribution in [0, 0.1) is 11.3 Å². The van der Waals surface area contributed by atoms with E-state index in [0.717, 1.165) is 10.9 Å². The monoisotopic (exact) mass is 212 g/mol. The minimum atomic E-state index is -0.410. The van der Waals surface area contributed by atoms with E-state index in [-0.39, 0.29) is 0 Å². The van der Waals surface area contributed by atoms with Crippen molar-refractivity contribution in [2.45, 2.75) is 19.4 Å². The van der Waals surface area contributed by atoms with Gasteiger partial charge in [0.2, 0.25) is 0 Å². The van der Waals surface area contributed by atoms with E-state index in [1.165, 1.54) is 0 Å². The molecule has 0 aliphatic carbocycles. The number of nitriles is 1. The number of hydrogen-bond acceptors (Lipinski definition) is 3. The zero-order chi connectivity index (χ0) is 11.4. The number of nitrogens with zero attached hydrogens (tertiary/aromatic N) is 2. The molecule has 2 rings (SSSR count). The summed E-state index contributed by atoms with van der Waals surface area (Å²) in [5, 5.41) is 9.89. The van der Waals surface area contributed by atoms with E-state index >= 15 is 0 Å². The topological polar surface area (TPSA) is 45.9 Å². The summed E-state index contributed by atoms with van der Waals surface area (Å²) in [4.78, 5) is 4.27. The maximum absolute atomic E-state index is 8.86. The molecule has 3 heteroatoms. The van der Waals surface area contributed by atoms with Gasteiger partial charge < -0.3 is 4.74 Å². The Labute approximate surface area is 94.3 Å². The molecule has 1 aromatic carbocycles. The Morgan fingerprint density at radius 3 is 2.94 bits per heavy atom. The molecule has 0 radical (unpaired) electrons. The fraction of sp³-hybridized carbons (Fsp3) is 0.231. The molecule has 0 saturated carbocycles. The van der Waals surface area contributed by atoms with Gasteiger partial charge in [0.1, 0.15) is 17.3 Å². The highest BCUT2D eigenvalue weighted by atomic mass is 16.5. The van der Waals surface area contributed by atoms with E-state index < -0.39 is 6.10 Å². The van der Waals surface area contributed by atoms with Crippen molar-refractivity contribution in [2.75, 3.05) is 0 Å². The van der Waals surface area contributed by atoms with Gasteiger partial charge in [-0.3, -0.25) is 4.98 Å². The Balaban J connectivity index is 2.41. The highest BCUT2D eigenvalue weighted by Crippen LogP contribution is 2.24. The summed E-state index contributed by atoms with van der Waals surface area (Å²) in [6.07, 6.45) is 1.98. The Hall–Kier alpha value is -2.08. The van der Waals surface area contributed by atoms with Crippen molar-refractivity contribution in [3.63, 3.8) is 0 Å². The van der Waals surface area contributed by atoms with E-state index in [2.05, 4.69) is 11.1 Å². The second-order valence-electron chi connectivity index (χ2n) is 3.48. The first-order valence-electron chi connectivity index (χ1n) is 5.25. The molecule has 1 aromatic heterocycles. The van der Waals surface area contributed by atoms with Gasteiger partial charge in [-0.15, -0.1) is 0 Å². The number of para-hydroxylation sites is 1. The van der Waals surface area contributed by atoms with E-state index in [1.54, 1.807) is 6.20 Å². The van der Waals surface area contributed by atoms with Crippen LogP contribution in [0.2, 0.25) is 0 Å². The van der Waals surface area contributed by atoms with Crippen LogP contribution in [0.4, 0.5) is 0 Å². The number of pyridine rings is 1. The number of ether oxygens (including phenoxy) is 1. The highest BCUT2D eigenvalue weighted by Gasteiger charge is 2.09. The molecule has 16 heavy (non-hydrogen) atoms. The molecular weight excluding hydrogens is 200 g/mol. The van der Waals surface area contributed by atoms with E-state index in [0.29, 0.717) is 12.2 Å². The molecular formula is C13H12N2O. The molecule has 1 heterocycles. The highest BCUT2D eigenvalue weighted by molar-refractivity contribution is 5.84. The number of rotatable bonds is 3. The van der Waals surface area contributed by atoms with Crippen LogP contribution in [0.5, 0.6) is 5.75 Å². The van der Waals surface area contributed by atoms with Gasteiger partial charge in [0.05, 0.1) is 0 Å². The minimum absolute atomic E-state index is 0.410. The van der Waals surface area contributed by atoms with E-state index in [4.69, 9.17) is 10.00 Å². The third-order valence-corrected chi connectivity index (χ3v) is 2.38. The number of hydrogen-bond donors (Lipinski definition) is 0. The molecule has 0 saturated heterocycles. The van der Waals surface area contributed by atoms with Crippen LogP contribution >= 0.6 is 0 Å². The third kappa shape index (κ3) is 1.96. The molecule has 2 aromatic rings. The zero-order valence-corrected chi connectivity index (χ0v) is 9.05. The summed E-state index contributed by atoms with van der Waals surface area (Å²) < 4.78 is 5.60. The lowest BCUT2D eigenvalue weighted by Crippen LogP contribution is -2.12. The van der Waals surface area contributed by atoms with E-state index in [9.17, 15) is 0 Å². The first kappa shape index (κ1) is 10.4. The molecule has 0 N–H and O–H groups in total. The zero-order valence-electron chi connectivity index (χ0n) is 9.05. The molecule has 3 nitrogen and oxygen atoms in total. The fourth-order valence-corrected chi connectivity index (χ4v) is 1.53. The predicted octanol–water partition coefficient (Wildman–Crippen LogP) is 2.92. The van der Waals surface area contributed by atoms with Crippen LogP contribution in [0.3, 0.4) is 0 Å². The summed E-state index contributed by atoms with van der Waals surface area (Å²) in [7, 11) is 0. The van der Waals surface area contributed by atoms with Gasteiger partial charge in [0, 0.05) is 11.6 Å². The lowest BCUT2D eigenvalue weighted by atomic mass is 10.2.